The van der Waals surface area contributed by atoms with Crippen LogP contribution in [0.25, 0.3) is 0 Å². The number of hydrogen-bond acceptors (Lipinski definition) is 5. The molecule has 0 saturated carbocycles. The normalized spacial score (nSPS) is 13.9. The molecule has 3 heterocycles. The standard InChI is InChI=1S/C6H4N2.C5H5N.C5H10O2/c1-2-8-6-4-7-3-5(1)6;1-2-4-6-5-3-1;1-5(2,3)7-4-6/h1-4H;1-5H;4H,1-3H3. The third-order valence-electron chi connectivity index (χ3n) is 2.14. The topological polar surface area (TPSA) is 63.9 Å². The van der Waals surface area contributed by atoms with Crippen molar-refractivity contribution < 1.29 is 9.53 Å². The summed E-state index contributed by atoms with van der Waals surface area (Å²) in [4.78, 5) is 21.3. The zero-order chi connectivity index (χ0) is 15.6. The Kier molecular flexibility index (Phi) is 6.74. The van der Waals surface area contributed by atoms with Gasteiger partial charge in [-0.25, -0.2) is 0 Å². The van der Waals surface area contributed by atoms with Crippen molar-refractivity contribution in [3.63, 3.8) is 0 Å². The van der Waals surface area contributed by atoms with Crippen LogP contribution in [0.4, 0.5) is 0 Å². The van der Waals surface area contributed by atoms with E-state index in [-0.39, 0.29) is 5.60 Å². The molecule has 0 spiro atoms. The molecule has 0 amide bonds. The van der Waals surface area contributed by atoms with E-state index in [1.807, 2.05) is 51.3 Å². The van der Waals surface area contributed by atoms with Crippen LogP contribution in [0.1, 0.15) is 20.8 Å². The van der Waals surface area contributed by atoms with Crippen molar-refractivity contribution in [2.24, 2.45) is 9.98 Å². The molecule has 0 radical (unpaired) electrons. The molecule has 0 fully saturated rings. The van der Waals surface area contributed by atoms with Crippen molar-refractivity contribution in [3.8, 4) is 0 Å². The minimum Gasteiger partial charge on any atom is -0.462 e. The van der Waals surface area contributed by atoms with Crippen LogP contribution < -0.4 is 0 Å². The molecule has 0 saturated heterocycles. The van der Waals surface area contributed by atoms with Crippen LogP contribution in [0.2, 0.25) is 0 Å². The van der Waals surface area contributed by atoms with Gasteiger partial charge >= 0.3 is 0 Å². The van der Waals surface area contributed by atoms with Crippen LogP contribution in [0.3, 0.4) is 0 Å². The Labute approximate surface area is 124 Å². The maximum atomic E-state index is 9.60. The Morgan fingerprint density at radius 1 is 1.14 bits per heavy atom. The van der Waals surface area contributed by atoms with E-state index in [0.29, 0.717) is 6.47 Å². The highest BCUT2D eigenvalue weighted by molar-refractivity contribution is 5.97. The van der Waals surface area contributed by atoms with Gasteiger partial charge in [-0.15, -0.1) is 0 Å². The van der Waals surface area contributed by atoms with Gasteiger partial charge in [0.15, 0.2) is 0 Å². The molecule has 0 unspecified atom stereocenters. The van der Waals surface area contributed by atoms with Gasteiger partial charge in [0.2, 0.25) is 0 Å². The summed E-state index contributed by atoms with van der Waals surface area (Å²) in [5.41, 5.74) is 1.80. The van der Waals surface area contributed by atoms with E-state index in [9.17, 15) is 4.79 Å². The zero-order valence-corrected chi connectivity index (χ0v) is 12.4. The van der Waals surface area contributed by atoms with Gasteiger partial charge in [0.05, 0.1) is 11.9 Å². The van der Waals surface area contributed by atoms with Gasteiger partial charge in [0, 0.05) is 30.4 Å². The largest absolute Gasteiger partial charge is 0.462 e. The summed E-state index contributed by atoms with van der Waals surface area (Å²) in [5, 5.41) is 0. The Hall–Kier alpha value is -2.56. The van der Waals surface area contributed by atoms with Crippen molar-refractivity contribution in [3.05, 3.63) is 54.1 Å². The number of pyridine rings is 1. The van der Waals surface area contributed by atoms with Crippen LogP contribution in [0.5, 0.6) is 0 Å². The van der Waals surface area contributed by atoms with Crippen molar-refractivity contribution in [1.29, 1.82) is 0 Å². The van der Waals surface area contributed by atoms with Gasteiger partial charge in [-0.1, -0.05) is 6.07 Å². The quantitative estimate of drug-likeness (QED) is 0.745. The third kappa shape index (κ3) is 7.57. The number of aliphatic imine (C=N–C) groups is 2. The first-order valence-electron chi connectivity index (χ1n) is 6.47. The van der Waals surface area contributed by atoms with E-state index in [4.69, 9.17) is 0 Å². The fraction of sp³-hybridized carbons (Fsp3) is 0.250. The van der Waals surface area contributed by atoms with Crippen LogP contribution in [-0.4, -0.2) is 29.5 Å². The highest BCUT2D eigenvalue weighted by Gasteiger charge is 2.08. The minimum absolute atomic E-state index is 0.318. The molecule has 3 rings (SSSR count). The van der Waals surface area contributed by atoms with Crippen molar-refractivity contribution in [1.82, 2.24) is 4.98 Å². The number of carbonyl (C=O) groups excluding carboxylic acids is 1. The number of hydrogen-bond donors (Lipinski definition) is 0. The van der Waals surface area contributed by atoms with Crippen molar-refractivity contribution >= 4 is 18.9 Å². The number of rotatable bonds is 1. The number of fused-ring (bicyclic) bond motifs is 1. The summed E-state index contributed by atoms with van der Waals surface area (Å²) in [6.07, 6.45) is 10.8. The van der Waals surface area contributed by atoms with E-state index >= 15 is 0 Å². The van der Waals surface area contributed by atoms with E-state index in [0.717, 1.165) is 11.3 Å². The SMILES string of the molecule is C1=NC=C2N=CC=C12.CC(C)(C)OC=O.c1ccncc1. The average molecular weight is 285 g/mol. The molecule has 2 aliphatic heterocycles. The molecule has 0 aromatic carbocycles. The molecule has 0 atom stereocenters. The van der Waals surface area contributed by atoms with Crippen LogP contribution in [0, 0.1) is 0 Å². The summed E-state index contributed by atoms with van der Waals surface area (Å²) in [6, 6.07) is 5.72. The Morgan fingerprint density at radius 3 is 2.24 bits per heavy atom. The second-order valence-corrected chi connectivity index (χ2v) is 5.04. The molecule has 5 nitrogen and oxygen atoms in total. The lowest BCUT2D eigenvalue weighted by Gasteiger charge is -2.14. The van der Waals surface area contributed by atoms with Crippen LogP contribution >= 0.6 is 0 Å². The highest BCUT2D eigenvalue weighted by Crippen LogP contribution is 2.17. The van der Waals surface area contributed by atoms with Gasteiger partial charge in [0.25, 0.3) is 6.47 Å². The number of ether oxygens (including phenoxy) is 1. The van der Waals surface area contributed by atoms with Crippen LogP contribution in [-0.2, 0) is 9.53 Å². The number of allylic oxidation sites excluding steroid dienone is 2. The fourth-order valence-electron chi connectivity index (χ4n) is 1.22. The molecular weight excluding hydrogens is 266 g/mol. The van der Waals surface area contributed by atoms with Crippen molar-refractivity contribution in [2.45, 2.75) is 26.4 Å². The predicted octanol–water partition coefficient (Wildman–Crippen LogP) is 2.96. The molecule has 0 N–H and O–H groups in total. The zero-order valence-electron chi connectivity index (χ0n) is 12.4. The van der Waals surface area contributed by atoms with E-state index in [1.165, 1.54) is 0 Å². The van der Waals surface area contributed by atoms with Gasteiger partial charge in [-0.2, -0.15) is 0 Å². The molecule has 1 aromatic rings. The molecule has 2 aliphatic rings. The first kappa shape index (κ1) is 16.5. The summed E-state index contributed by atoms with van der Waals surface area (Å²) in [5.74, 6) is 0. The van der Waals surface area contributed by atoms with Gasteiger partial charge in [0.1, 0.15) is 5.60 Å². The molecular formula is C16H19N3O2. The second-order valence-electron chi connectivity index (χ2n) is 5.04. The van der Waals surface area contributed by atoms with Gasteiger partial charge in [-0.3, -0.25) is 19.8 Å². The first-order chi connectivity index (χ1) is 10.0. The summed E-state index contributed by atoms with van der Waals surface area (Å²) >= 11 is 0. The lowest BCUT2D eigenvalue weighted by molar-refractivity contribution is -0.138. The smallest absolute Gasteiger partial charge is 0.293 e. The Bertz CT molecular complexity index is 500. The molecule has 110 valence electrons. The van der Waals surface area contributed by atoms with Crippen LogP contribution in [0.15, 0.2) is 64.1 Å². The van der Waals surface area contributed by atoms with Gasteiger partial charge in [-0.05, 0) is 39.0 Å². The predicted molar refractivity (Wildman–Crippen MR) is 84.3 cm³/mol. The Balaban J connectivity index is 0.000000160. The van der Waals surface area contributed by atoms with E-state index in [2.05, 4.69) is 19.7 Å². The summed E-state index contributed by atoms with van der Waals surface area (Å²) < 4.78 is 4.55. The molecule has 5 heteroatoms. The van der Waals surface area contributed by atoms with E-state index < -0.39 is 0 Å². The van der Waals surface area contributed by atoms with E-state index in [1.54, 1.807) is 24.8 Å². The molecule has 1 aromatic heterocycles. The minimum atomic E-state index is -0.318. The molecule has 0 aliphatic carbocycles. The highest BCUT2D eigenvalue weighted by atomic mass is 16.5. The lowest BCUT2D eigenvalue weighted by Crippen LogP contribution is -2.17. The molecule has 21 heavy (non-hydrogen) atoms. The van der Waals surface area contributed by atoms with Crippen molar-refractivity contribution in [2.75, 3.05) is 0 Å². The summed E-state index contributed by atoms with van der Waals surface area (Å²) in [6.45, 7) is 5.92. The maximum Gasteiger partial charge on any atom is 0.293 e. The lowest BCUT2D eigenvalue weighted by atomic mass is 10.2. The van der Waals surface area contributed by atoms with Gasteiger partial charge < -0.3 is 4.74 Å². The Morgan fingerprint density at radius 2 is 1.86 bits per heavy atom. The third-order valence-corrected chi connectivity index (χ3v) is 2.14. The maximum absolute atomic E-state index is 9.60. The monoisotopic (exact) mass is 285 g/mol. The number of nitrogens with zero attached hydrogens (tertiary/aromatic N) is 3. The fourth-order valence-corrected chi connectivity index (χ4v) is 1.22. The number of aromatic nitrogens is 1. The number of carbonyl (C=O) groups is 1. The second kappa shape index (κ2) is 8.58. The first-order valence-corrected chi connectivity index (χ1v) is 6.47. The summed E-state index contributed by atoms with van der Waals surface area (Å²) in [7, 11) is 0. The molecule has 0 bridgehead atoms. The average Bonchev–Trinajstić information content (AvgIpc) is 3.04.